The molecule has 0 unspecified atom stereocenters. The molecule has 1 amide bonds. The van der Waals surface area contributed by atoms with E-state index >= 15 is 0 Å². The van der Waals surface area contributed by atoms with Crippen molar-refractivity contribution in [3.8, 4) is 11.5 Å². The van der Waals surface area contributed by atoms with Gasteiger partial charge in [0.15, 0.2) is 11.5 Å². The molecule has 0 radical (unpaired) electrons. The van der Waals surface area contributed by atoms with Gasteiger partial charge in [0.1, 0.15) is 5.82 Å². The van der Waals surface area contributed by atoms with Crippen LogP contribution in [-0.2, 0) is 11.2 Å². The fourth-order valence-corrected chi connectivity index (χ4v) is 3.43. The van der Waals surface area contributed by atoms with E-state index in [1.165, 1.54) is 17.7 Å². The van der Waals surface area contributed by atoms with Crippen molar-refractivity contribution in [2.24, 2.45) is 0 Å². The lowest BCUT2D eigenvalue weighted by Crippen LogP contribution is -2.32. The van der Waals surface area contributed by atoms with Crippen molar-refractivity contribution in [2.45, 2.75) is 19.4 Å². The van der Waals surface area contributed by atoms with Crippen molar-refractivity contribution >= 4 is 11.6 Å². The summed E-state index contributed by atoms with van der Waals surface area (Å²) in [5.74, 6) is 0.747. The van der Waals surface area contributed by atoms with Gasteiger partial charge in [-0.3, -0.25) is 10.1 Å². The van der Waals surface area contributed by atoms with Crippen molar-refractivity contribution in [3.63, 3.8) is 0 Å². The normalized spacial score (nSPS) is 13.1. The molecular formula is C24H23FN2O3. The Morgan fingerprint density at radius 3 is 2.57 bits per heavy atom. The lowest BCUT2D eigenvalue weighted by molar-refractivity contribution is -0.115. The molecule has 0 fully saturated rings. The summed E-state index contributed by atoms with van der Waals surface area (Å²) in [7, 11) is 0. The lowest BCUT2D eigenvalue weighted by Gasteiger charge is -2.20. The highest BCUT2D eigenvalue weighted by atomic mass is 19.1. The van der Waals surface area contributed by atoms with E-state index in [1.807, 2.05) is 18.2 Å². The number of aryl methyl sites for hydroxylation is 1. The molecule has 0 spiro atoms. The van der Waals surface area contributed by atoms with Crippen LogP contribution in [0, 0.1) is 5.82 Å². The van der Waals surface area contributed by atoms with Gasteiger partial charge >= 0.3 is 0 Å². The van der Waals surface area contributed by atoms with E-state index in [-0.39, 0.29) is 31.1 Å². The van der Waals surface area contributed by atoms with Gasteiger partial charge in [-0.15, -0.1) is 0 Å². The molecule has 0 bridgehead atoms. The van der Waals surface area contributed by atoms with Gasteiger partial charge in [0.2, 0.25) is 12.7 Å². The Kier molecular flexibility index (Phi) is 5.95. The van der Waals surface area contributed by atoms with Gasteiger partial charge < -0.3 is 14.8 Å². The Morgan fingerprint density at radius 1 is 1.00 bits per heavy atom. The van der Waals surface area contributed by atoms with E-state index < -0.39 is 0 Å². The van der Waals surface area contributed by atoms with Gasteiger partial charge in [0.05, 0.1) is 12.6 Å². The first-order valence-corrected chi connectivity index (χ1v) is 9.89. The summed E-state index contributed by atoms with van der Waals surface area (Å²) < 4.78 is 24.5. The van der Waals surface area contributed by atoms with Crippen LogP contribution in [0.25, 0.3) is 0 Å². The Bertz CT molecular complexity index is 1040. The molecule has 3 aromatic rings. The van der Waals surface area contributed by atoms with Crippen LogP contribution in [0.15, 0.2) is 66.7 Å². The maximum Gasteiger partial charge on any atom is 0.238 e. The Morgan fingerprint density at radius 2 is 1.80 bits per heavy atom. The third kappa shape index (κ3) is 4.60. The van der Waals surface area contributed by atoms with Crippen molar-refractivity contribution in [3.05, 3.63) is 89.2 Å². The topological polar surface area (TPSA) is 59.6 Å². The van der Waals surface area contributed by atoms with Gasteiger partial charge in [0.25, 0.3) is 0 Å². The first-order chi connectivity index (χ1) is 14.6. The molecule has 1 aliphatic rings. The molecule has 4 rings (SSSR count). The third-order valence-corrected chi connectivity index (χ3v) is 5.03. The summed E-state index contributed by atoms with van der Waals surface area (Å²) in [5.41, 5.74) is 3.57. The predicted octanol–water partition coefficient (Wildman–Crippen LogP) is 4.43. The van der Waals surface area contributed by atoms with Gasteiger partial charge in [0, 0.05) is 11.8 Å². The summed E-state index contributed by atoms with van der Waals surface area (Å²) in [5, 5.41) is 6.10. The van der Waals surface area contributed by atoms with E-state index in [4.69, 9.17) is 9.47 Å². The fraction of sp³-hybridized carbons (Fsp3) is 0.208. The molecule has 30 heavy (non-hydrogen) atoms. The first kappa shape index (κ1) is 19.9. The van der Waals surface area contributed by atoms with Crippen LogP contribution in [-0.4, -0.2) is 19.2 Å². The minimum atomic E-state index is -0.311. The van der Waals surface area contributed by atoms with Crippen LogP contribution in [0.2, 0.25) is 0 Å². The maximum atomic E-state index is 13.8. The number of carbonyl (C=O) groups excluding carboxylic acids is 1. The SMILES string of the molecule is CCc1ccc([C@@H](NCC(=O)Nc2ccc3c(c2)OCO3)c2cccc(F)c2)cc1. The average molecular weight is 406 g/mol. The van der Waals surface area contributed by atoms with Gasteiger partial charge in [-0.2, -0.15) is 0 Å². The highest BCUT2D eigenvalue weighted by Crippen LogP contribution is 2.34. The van der Waals surface area contributed by atoms with Crippen LogP contribution in [0.4, 0.5) is 10.1 Å². The summed E-state index contributed by atoms with van der Waals surface area (Å²) in [6.45, 7) is 2.34. The Balaban J connectivity index is 1.47. The number of halogens is 1. The average Bonchev–Trinajstić information content (AvgIpc) is 3.22. The Hall–Kier alpha value is -3.38. The molecule has 5 nitrogen and oxygen atoms in total. The molecule has 0 aromatic heterocycles. The summed E-state index contributed by atoms with van der Waals surface area (Å²) in [4.78, 5) is 12.5. The van der Waals surface area contributed by atoms with Crippen LogP contribution < -0.4 is 20.1 Å². The molecule has 1 aliphatic heterocycles. The monoisotopic (exact) mass is 406 g/mol. The quantitative estimate of drug-likeness (QED) is 0.609. The van der Waals surface area contributed by atoms with E-state index in [2.05, 4.69) is 29.7 Å². The molecule has 1 atom stereocenters. The highest BCUT2D eigenvalue weighted by molar-refractivity contribution is 5.92. The maximum absolute atomic E-state index is 13.8. The molecule has 6 heteroatoms. The fourth-order valence-electron chi connectivity index (χ4n) is 3.43. The number of amides is 1. The largest absolute Gasteiger partial charge is 0.454 e. The number of hydrogen-bond acceptors (Lipinski definition) is 4. The minimum absolute atomic E-state index is 0.0607. The highest BCUT2D eigenvalue weighted by Gasteiger charge is 2.17. The van der Waals surface area contributed by atoms with Crippen LogP contribution >= 0.6 is 0 Å². The van der Waals surface area contributed by atoms with Crippen LogP contribution in [0.5, 0.6) is 11.5 Å². The van der Waals surface area contributed by atoms with E-state index in [1.54, 1.807) is 24.3 Å². The molecule has 2 N–H and O–H groups in total. The van der Waals surface area contributed by atoms with Crippen molar-refractivity contribution in [1.82, 2.24) is 5.32 Å². The van der Waals surface area contributed by atoms with Crippen molar-refractivity contribution < 1.29 is 18.7 Å². The minimum Gasteiger partial charge on any atom is -0.454 e. The molecule has 0 saturated heterocycles. The zero-order valence-electron chi connectivity index (χ0n) is 16.7. The van der Waals surface area contributed by atoms with Crippen LogP contribution in [0.3, 0.4) is 0 Å². The summed E-state index contributed by atoms with van der Waals surface area (Å²) in [6.07, 6.45) is 0.941. The number of benzene rings is 3. The number of anilines is 1. The van der Waals surface area contributed by atoms with Crippen molar-refractivity contribution in [2.75, 3.05) is 18.7 Å². The van der Waals surface area contributed by atoms with E-state index in [0.717, 1.165) is 17.5 Å². The third-order valence-electron chi connectivity index (χ3n) is 5.03. The standard InChI is InChI=1S/C24H23FN2O3/c1-2-16-6-8-17(9-7-16)24(18-4-3-5-19(25)12-18)26-14-23(28)27-20-10-11-21-22(13-20)30-15-29-21/h3-13,24,26H,2,14-15H2,1H3,(H,27,28)/t24-/m1/s1. The van der Waals surface area contributed by atoms with E-state index in [0.29, 0.717) is 17.2 Å². The summed E-state index contributed by atoms with van der Waals surface area (Å²) in [6, 6.07) is 19.5. The molecule has 154 valence electrons. The van der Waals surface area contributed by atoms with Crippen LogP contribution in [0.1, 0.15) is 29.7 Å². The predicted molar refractivity (Wildman–Crippen MR) is 113 cm³/mol. The molecule has 1 heterocycles. The second kappa shape index (κ2) is 8.97. The summed E-state index contributed by atoms with van der Waals surface area (Å²) >= 11 is 0. The van der Waals surface area contributed by atoms with E-state index in [9.17, 15) is 9.18 Å². The zero-order valence-corrected chi connectivity index (χ0v) is 16.7. The second-order valence-corrected chi connectivity index (χ2v) is 7.08. The Labute approximate surface area is 174 Å². The number of fused-ring (bicyclic) bond motifs is 1. The zero-order chi connectivity index (χ0) is 20.9. The lowest BCUT2D eigenvalue weighted by atomic mass is 9.97. The van der Waals surface area contributed by atoms with Gasteiger partial charge in [-0.1, -0.05) is 43.3 Å². The number of ether oxygens (including phenoxy) is 2. The smallest absolute Gasteiger partial charge is 0.238 e. The number of carbonyl (C=O) groups is 1. The number of nitrogens with one attached hydrogen (secondary N) is 2. The number of rotatable bonds is 7. The molecule has 3 aromatic carbocycles. The van der Waals surface area contributed by atoms with Gasteiger partial charge in [-0.05, 0) is 47.4 Å². The molecular weight excluding hydrogens is 383 g/mol. The van der Waals surface area contributed by atoms with Crippen molar-refractivity contribution in [1.29, 1.82) is 0 Å². The first-order valence-electron chi connectivity index (χ1n) is 9.89. The van der Waals surface area contributed by atoms with Gasteiger partial charge in [-0.25, -0.2) is 4.39 Å². The number of hydrogen-bond donors (Lipinski definition) is 2. The molecule has 0 saturated carbocycles. The molecule has 0 aliphatic carbocycles. The second-order valence-electron chi connectivity index (χ2n) is 7.08.